The van der Waals surface area contributed by atoms with E-state index in [1.807, 2.05) is 53.4 Å². The SMILES string of the molecule is O=C(COc1ccccc1)N1CCC2(CC1)CC(CCOCc1ccccc1)CCO2. The highest BCUT2D eigenvalue weighted by Gasteiger charge is 2.40. The molecule has 0 saturated carbocycles. The van der Waals surface area contributed by atoms with Gasteiger partial charge in [0.1, 0.15) is 5.75 Å². The second-order valence-electron chi connectivity index (χ2n) is 8.70. The number of ether oxygens (including phenoxy) is 3. The molecule has 1 spiro atoms. The first-order chi connectivity index (χ1) is 15.2. The van der Waals surface area contributed by atoms with E-state index in [2.05, 4.69) is 12.1 Å². The van der Waals surface area contributed by atoms with Crippen LogP contribution in [0, 0.1) is 5.92 Å². The molecular formula is C26H33NO4. The van der Waals surface area contributed by atoms with Crippen LogP contribution in [0.25, 0.3) is 0 Å². The van der Waals surface area contributed by atoms with E-state index in [9.17, 15) is 4.79 Å². The molecule has 0 radical (unpaired) electrons. The van der Waals surface area contributed by atoms with Crippen molar-refractivity contribution in [3.05, 3.63) is 66.2 Å². The molecule has 5 heteroatoms. The van der Waals surface area contributed by atoms with Crippen LogP contribution in [0.4, 0.5) is 0 Å². The summed E-state index contributed by atoms with van der Waals surface area (Å²) in [6, 6.07) is 19.8. The normalized spacial score (nSPS) is 20.5. The fourth-order valence-electron chi connectivity index (χ4n) is 4.66. The second-order valence-corrected chi connectivity index (χ2v) is 8.70. The summed E-state index contributed by atoms with van der Waals surface area (Å²) in [4.78, 5) is 14.5. The first-order valence-electron chi connectivity index (χ1n) is 11.4. The number of carbonyl (C=O) groups is 1. The molecule has 0 aliphatic carbocycles. The van der Waals surface area contributed by atoms with Crippen molar-refractivity contribution in [3.63, 3.8) is 0 Å². The third-order valence-electron chi connectivity index (χ3n) is 6.51. The first kappa shape index (κ1) is 21.8. The van der Waals surface area contributed by atoms with Crippen LogP contribution in [-0.4, -0.2) is 49.3 Å². The van der Waals surface area contributed by atoms with Gasteiger partial charge in [-0.2, -0.15) is 0 Å². The first-order valence-corrected chi connectivity index (χ1v) is 11.4. The highest BCUT2D eigenvalue weighted by Crippen LogP contribution is 2.38. The molecule has 2 saturated heterocycles. The van der Waals surface area contributed by atoms with Crippen LogP contribution >= 0.6 is 0 Å². The Morgan fingerprint density at radius 2 is 1.74 bits per heavy atom. The zero-order valence-electron chi connectivity index (χ0n) is 18.2. The Bertz CT molecular complexity index is 803. The van der Waals surface area contributed by atoms with Gasteiger partial charge in [0.05, 0.1) is 12.2 Å². The summed E-state index contributed by atoms with van der Waals surface area (Å²) in [6.07, 6.45) is 5.07. The number of hydrogen-bond donors (Lipinski definition) is 0. The third-order valence-corrected chi connectivity index (χ3v) is 6.51. The van der Waals surface area contributed by atoms with Crippen LogP contribution in [0.2, 0.25) is 0 Å². The average molecular weight is 424 g/mol. The van der Waals surface area contributed by atoms with E-state index in [-0.39, 0.29) is 18.1 Å². The minimum absolute atomic E-state index is 0.0559. The summed E-state index contributed by atoms with van der Waals surface area (Å²) >= 11 is 0. The van der Waals surface area contributed by atoms with Gasteiger partial charge in [-0.15, -0.1) is 0 Å². The molecule has 2 fully saturated rings. The van der Waals surface area contributed by atoms with Crippen molar-refractivity contribution in [1.82, 2.24) is 4.90 Å². The largest absolute Gasteiger partial charge is 0.484 e. The third kappa shape index (κ3) is 6.31. The standard InChI is InChI=1S/C26H33NO4/c28-25(21-30-24-9-5-2-6-10-24)27-15-13-26(14-16-27)19-22(12-18-31-26)11-17-29-20-23-7-3-1-4-8-23/h1-10,22H,11-21H2. The van der Waals surface area contributed by atoms with Crippen molar-refractivity contribution >= 4 is 5.91 Å². The van der Waals surface area contributed by atoms with E-state index < -0.39 is 0 Å². The van der Waals surface area contributed by atoms with E-state index in [0.717, 1.165) is 64.2 Å². The summed E-state index contributed by atoms with van der Waals surface area (Å²) in [5.74, 6) is 1.42. The lowest BCUT2D eigenvalue weighted by molar-refractivity contribution is -0.149. The molecular weight excluding hydrogens is 390 g/mol. The van der Waals surface area contributed by atoms with Gasteiger partial charge in [0, 0.05) is 26.3 Å². The number of nitrogens with zero attached hydrogens (tertiary/aromatic N) is 1. The highest BCUT2D eigenvalue weighted by atomic mass is 16.5. The molecule has 0 bridgehead atoms. The number of para-hydroxylation sites is 1. The molecule has 1 amide bonds. The quantitative estimate of drug-likeness (QED) is 0.588. The Morgan fingerprint density at radius 1 is 1.03 bits per heavy atom. The summed E-state index contributed by atoms with van der Waals surface area (Å²) in [5, 5.41) is 0. The van der Waals surface area contributed by atoms with E-state index in [4.69, 9.17) is 14.2 Å². The molecule has 2 aromatic carbocycles. The van der Waals surface area contributed by atoms with Crippen molar-refractivity contribution in [1.29, 1.82) is 0 Å². The van der Waals surface area contributed by atoms with E-state index in [1.54, 1.807) is 0 Å². The van der Waals surface area contributed by atoms with Gasteiger partial charge in [-0.05, 0) is 55.7 Å². The molecule has 166 valence electrons. The van der Waals surface area contributed by atoms with Gasteiger partial charge < -0.3 is 19.1 Å². The predicted octanol–water partition coefficient (Wildman–Crippen LogP) is 4.46. The Hall–Kier alpha value is -2.37. The average Bonchev–Trinajstić information content (AvgIpc) is 2.82. The van der Waals surface area contributed by atoms with Crippen molar-refractivity contribution in [2.45, 2.75) is 44.3 Å². The maximum Gasteiger partial charge on any atom is 0.260 e. The lowest BCUT2D eigenvalue weighted by atomic mass is 9.78. The maximum absolute atomic E-state index is 12.5. The van der Waals surface area contributed by atoms with Crippen LogP contribution in [0.5, 0.6) is 5.75 Å². The monoisotopic (exact) mass is 423 g/mol. The number of rotatable bonds is 8. The van der Waals surface area contributed by atoms with Gasteiger partial charge in [-0.1, -0.05) is 48.5 Å². The Morgan fingerprint density at radius 3 is 2.48 bits per heavy atom. The number of hydrogen-bond acceptors (Lipinski definition) is 4. The van der Waals surface area contributed by atoms with Crippen LogP contribution in [0.3, 0.4) is 0 Å². The minimum atomic E-state index is -0.0700. The number of amides is 1. The van der Waals surface area contributed by atoms with E-state index in [1.165, 1.54) is 5.56 Å². The van der Waals surface area contributed by atoms with Gasteiger partial charge >= 0.3 is 0 Å². The molecule has 5 nitrogen and oxygen atoms in total. The Labute approximate surface area is 185 Å². The van der Waals surface area contributed by atoms with E-state index in [0.29, 0.717) is 12.5 Å². The summed E-state index contributed by atoms with van der Waals surface area (Å²) < 4.78 is 17.8. The molecule has 0 aromatic heterocycles. The van der Waals surface area contributed by atoms with Crippen molar-refractivity contribution in [2.75, 3.05) is 32.9 Å². The number of benzene rings is 2. The number of likely N-dealkylation sites (tertiary alicyclic amines) is 1. The summed E-state index contributed by atoms with van der Waals surface area (Å²) in [6.45, 7) is 3.87. The molecule has 2 heterocycles. The van der Waals surface area contributed by atoms with E-state index >= 15 is 0 Å². The number of carbonyl (C=O) groups excluding carboxylic acids is 1. The predicted molar refractivity (Wildman–Crippen MR) is 120 cm³/mol. The summed E-state index contributed by atoms with van der Waals surface area (Å²) in [7, 11) is 0. The smallest absolute Gasteiger partial charge is 0.260 e. The molecule has 1 unspecified atom stereocenters. The number of piperidine rings is 1. The van der Waals surface area contributed by atoms with Crippen LogP contribution in [-0.2, 0) is 20.9 Å². The molecule has 2 aromatic rings. The molecule has 2 aliphatic heterocycles. The van der Waals surface area contributed by atoms with Crippen LogP contribution in [0.15, 0.2) is 60.7 Å². The van der Waals surface area contributed by atoms with Crippen LogP contribution in [0.1, 0.15) is 37.7 Å². The fourth-order valence-corrected chi connectivity index (χ4v) is 4.66. The molecule has 1 atom stereocenters. The second kappa shape index (κ2) is 10.8. The maximum atomic E-state index is 12.5. The zero-order valence-corrected chi connectivity index (χ0v) is 18.2. The molecule has 31 heavy (non-hydrogen) atoms. The van der Waals surface area contributed by atoms with Gasteiger partial charge in [0.15, 0.2) is 6.61 Å². The van der Waals surface area contributed by atoms with Crippen molar-refractivity contribution < 1.29 is 19.0 Å². The fraction of sp³-hybridized carbons (Fsp3) is 0.500. The van der Waals surface area contributed by atoms with Crippen molar-refractivity contribution in [3.8, 4) is 5.75 Å². The Kier molecular flexibility index (Phi) is 7.60. The van der Waals surface area contributed by atoms with Gasteiger partial charge in [-0.25, -0.2) is 0 Å². The molecule has 4 rings (SSSR count). The zero-order chi connectivity index (χ0) is 21.4. The van der Waals surface area contributed by atoms with Crippen LogP contribution < -0.4 is 4.74 Å². The topological polar surface area (TPSA) is 48.0 Å². The van der Waals surface area contributed by atoms with Crippen molar-refractivity contribution in [2.24, 2.45) is 5.92 Å². The Balaban J connectivity index is 1.17. The lowest BCUT2D eigenvalue weighted by Gasteiger charge is -2.46. The lowest BCUT2D eigenvalue weighted by Crippen LogP contribution is -2.51. The summed E-state index contributed by atoms with van der Waals surface area (Å²) in [5.41, 5.74) is 1.15. The highest BCUT2D eigenvalue weighted by molar-refractivity contribution is 5.77. The molecule has 2 aliphatic rings. The molecule has 0 N–H and O–H groups in total. The van der Waals surface area contributed by atoms with Gasteiger partial charge in [-0.3, -0.25) is 4.79 Å². The minimum Gasteiger partial charge on any atom is -0.484 e. The van der Waals surface area contributed by atoms with Gasteiger partial charge in [0.25, 0.3) is 5.91 Å². The van der Waals surface area contributed by atoms with Gasteiger partial charge in [0.2, 0.25) is 0 Å².